The van der Waals surface area contributed by atoms with Gasteiger partial charge in [0, 0.05) is 36.8 Å². The molecule has 236 valence electrons. The molecule has 0 aromatic carbocycles. The standard InChI is InChI=1S/C33H45N7O4/c1-7-9-11-22(3)43-32(42)39-27(31(41)44-33(4,5)6)20-35-29-25(8-2)30(37-21-36-29)40-18-15-23(16-19-40)26-14-13-24-12-10-17-34-28(24)38-26/h7,9,11,13-14,21-23H,1,8,10,12,15-20H2,2-6H3,(H,34,38)(H,35,36,37)/b11-9-,39-27?. The second-order valence-electron chi connectivity index (χ2n) is 12.0. The lowest BCUT2D eigenvalue weighted by molar-refractivity contribution is -0.146. The Kier molecular flexibility index (Phi) is 11.1. The predicted octanol–water partition coefficient (Wildman–Crippen LogP) is 5.64. The zero-order valence-electron chi connectivity index (χ0n) is 26.6. The van der Waals surface area contributed by atoms with Crippen molar-refractivity contribution in [3.63, 3.8) is 0 Å². The smallest absolute Gasteiger partial charge is 0.434 e. The number of amides is 1. The van der Waals surface area contributed by atoms with E-state index in [9.17, 15) is 9.59 Å². The van der Waals surface area contributed by atoms with Crippen LogP contribution < -0.4 is 15.5 Å². The van der Waals surface area contributed by atoms with Crippen LogP contribution in [0.4, 0.5) is 22.2 Å². The summed E-state index contributed by atoms with van der Waals surface area (Å²) >= 11 is 0. The number of piperidine rings is 1. The molecule has 1 saturated heterocycles. The number of aliphatic imine (C=N–C) groups is 1. The first-order valence-corrected chi connectivity index (χ1v) is 15.4. The van der Waals surface area contributed by atoms with Crippen molar-refractivity contribution in [2.45, 2.75) is 84.3 Å². The maximum Gasteiger partial charge on any atom is 0.434 e. The summed E-state index contributed by atoms with van der Waals surface area (Å²) in [5.41, 5.74) is 2.50. The molecular weight excluding hydrogens is 558 g/mol. The van der Waals surface area contributed by atoms with Gasteiger partial charge in [-0.25, -0.2) is 24.5 Å². The van der Waals surface area contributed by atoms with E-state index in [1.165, 1.54) is 11.9 Å². The number of rotatable bonds is 10. The average molecular weight is 604 g/mol. The van der Waals surface area contributed by atoms with Gasteiger partial charge < -0.3 is 25.0 Å². The third-order valence-electron chi connectivity index (χ3n) is 7.49. The molecule has 44 heavy (non-hydrogen) atoms. The van der Waals surface area contributed by atoms with Gasteiger partial charge in [-0.15, -0.1) is 0 Å². The summed E-state index contributed by atoms with van der Waals surface area (Å²) in [4.78, 5) is 45.8. The Bertz CT molecular complexity index is 1390. The fourth-order valence-electron chi connectivity index (χ4n) is 5.34. The number of fused-ring (bicyclic) bond motifs is 1. The number of nitrogens with one attached hydrogen (secondary N) is 2. The molecule has 2 aromatic heterocycles. The molecule has 0 bridgehead atoms. The number of anilines is 3. The lowest BCUT2D eigenvalue weighted by atomic mass is 9.92. The average Bonchev–Trinajstić information content (AvgIpc) is 3.00. The van der Waals surface area contributed by atoms with Crippen LogP contribution >= 0.6 is 0 Å². The van der Waals surface area contributed by atoms with E-state index in [2.05, 4.69) is 49.2 Å². The number of nitrogens with zero attached hydrogens (tertiary/aromatic N) is 5. The SMILES string of the molecule is C=C/C=C\C(C)OC(=O)N=C(CNc1ncnc(N2CCC(c3ccc4c(n3)NCCC4)CC2)c1CC)C(=O)OC(C)(C)C. The van der Waals surface area contributed by atoms with Crippen molar-refractivity contribution in [2.75, 3.05) is 41.7 Å². The largest absolute Gasteiger partial charge is 0.455 e. The molecule has 2 aliphatic heterocycles. The van der Waals surface area contributed by atoms with Crippen molar-refractivity contribution in [1.29, 1.82) is 0 Å². The normalized spacial score (nSPS) is 16.6. The Hall–Kier alpha value is -4.28. The molecule has 0 saturated carbocycles. The molecule has 1 atom stereocenters. The van der Waals surface area contributed by atoms with Gasteiger partial charge in [0.25, 0.3) is 0 Å². The topological polar surface area (TPSA) is 131 Å². The van der Waals surface area contributed by atoms with Gasteiger partial charge in [-0.2, -0.15) is 4.99 Å². The number of carbonyl (C=O) groups excluding carboxylic acids is 2. The van der Waals surface area contributed by atoms with Crippen molar-refractivity contribution in [3.05, 3.63) is 60.1 Å². The number of aryl methyl sites for hydroxylation is 1. The van der Waals surface area contributed by atoms with Gasteiger partial charge in [0.15, 0.2) is 5.71 Å². The van der Waals surface area contributed by atoms with E-state index >= 15 is 0 Å². The summed E-state index contributed by atoms with van der Waals surface area (Å²) in [6.07, 6.45) is 9.84. The fourth-order valence-corrected chi connectivity index (χ4v) is 5.34. The first-order chi connectivity index (χ1) is 21.1. The molecule has 2 aromatic rings. The molecule has 1 amide bonds. The molecule has 0 radical (unpaired) electrons. The molecule has 4 rings (SSSR count). The Morgan fingerprint density at radius 2 is 2.02 bits per heavy atom. The van der Waals surface area contributed by atoms with Crippen molar-refractivity contribution >= 4 is 35.2 Å². The maximum absolute atomic E-state index is 13.0. The van der Waals surface area contributed by atoms with Gasteiger partial charge >= 0.3 is 12.1 Å². The highest BCUT2D eigenvalue weighted by molar-refractivity contribution is 6.39. The molecule has 0 aliphatic carbocycles. The zero-order chi connectivity index (χ0) is 31.7. The lowest BCUT2D eigenvalue weighted by Gasteiger charge is -2.34. The molecule has 11 nitrogen and oxygen atoms in total. The Balaban J connectivity index is 1.46. The van der Waals surface area contributed by atoms with Crippen LogP contribution in [0.3, 0.4) is 0 Å². The summed E-state index contributed by atoms with van der Waals surface area (Å²) in [5.74, 6) is 2.16. The van der Waals surface area contributed by atoms with Crippen molar-refractivity contribution in [3.8, 4) is 0 Å². The van der Waals surface area contributed by atoms with Crippen LogP contribution in [0.15, 0.2) is 48.3 Å². The summed E-state index contributed by atoms with van der Waals surface area (Å²) < 4.78 is 10.8. The first kappa shape index (κ1) is 32.6. The van der Waals surface area contributed by atoms with E-state index in [1.54, 1.807) is 45.9 Å². The zero-order valence-corrected chi connectivity index (χ0v) is 26.6. The summed E-state index contributed by atoms with van der Waals surface area (Å²) in [7, 11) is 0. The number of allylic oxidation sites excluding steroid dienone is 2. The molecular formula is C33H45N7O4. The summed E-state index contributed by atoms with van der Waals surface area (Å²) in [6.45, 7) is 15.2. The fraction of sp³-hybridized carbons (Fsp3) is 0.515. The molecule has 11 heteroatoms. The van der Waals surface area contributed by atoms with Crippen LogP contribution in [0.25, 0.3) is 0 Å². The quantitative estimate of drug-likeness (QED) is 0.200. The molecule has 0 spiro atoms. The van der Waals surface area contributed by atoms with Crippen molar-refractivity contribution < 1.29 is 19.1 Å². The van der Waals surface area contributed by atoms with Gasteiger partial charge in [-0.05, 0) is 77.5 Å². The van der Waals surface area contributed by atoms with E-state index < -0.39 is 23.8 Å². The van der Waals surface area contributed by atoms with Crippen molar-refractivity contribution in [2.24, 2.45) is 4.99 Å². The molecule has 2 N–H and O–H groups in total. The number of carbonyl (C=O) groups is 2. The lowest BCUT2D eigenvalue weighted by Crippen LogP contribution is -2.35. The Morgan fingerprint density at radius 1 is 1.25 bits per heavy atom. The molecule has 1 unspecified atom stereocenters. The second kappa shape index (κ2) is 14.9. The van der Waals surface area contributed by atoms with Gasteiger partial charge in [0.1, 0.15) is 35.5 Å². The summed E-state index contributed by atoms with van der Waals surface area (Å²) in [6, 6.07) is 4.41. The van der Waals surface area contributed by atoms with Gasteiger partial charge in [-0.3, -0.25) is 0 Å². The maximum atomic E-state index is 13.0. The van der Waals surface area contributed by atoms with Crippen LogP contribution in [0.5, 0.6) is 0 Å². The minimum atomic E-state index is -0.889. The van der Waals surface area contributed by atoms with Gasteiger partial charge in [0.05, 0.1) is 6.54 Å². The van der Waals surface area contributed by atoms with Crippen LogP contribution in [-0.2, 0) is 27.1 Å². The van der Waals surface area contributed by atoms with E-state index in [-0.39, 0.29) is 12.3 Å². The Morgan fingerprint density at radius 3 is 2.73 bits per heavy atom. The molecule has 1 fully saturated rings. The van der Waals surface area contributed by atoms with Crippen LogP contribution in [0.1, 0.15) is 76.6 Å². The number of ether oxygens (including phenoxy) is 2. The third kappa shape index (κ3) is 8.87. The van der Waals surface area contributed by atoms with Crippen LogP contribution in [-0.4, -0.2) is 70.6 Å². The highest BCUT2D eigenvalue weighted by Crippen LogP contribution is 2.33. The number of aromatic nitrogens is 3. The number of hydrogen-bond donors (Lipinski definition) is 2. The van der Waals surface area contributed by atoms with Crippen LogP contribution in [0, 0.1) is 0 Å². The second-order valence-corrected chi connectivity index (χ2v) is 12.0. The monoisotopic (exact) mass is 603 g/mol. The first-order valence-electron chi connectivity index (χ1n) is 15.4. The Labute approximate surface area is 260 Å². The van der Waals surface area contributed by atoms with Gasteiger partial charge in [-0.1, -0.05) is 31.7 Å². The summed E-state index contributed by atoms with van der Waals surface area (Å²) in [5, 5.41) is 6.65. The third-order valence-corrected chi connectivity index (χ3v) is 7.49. The van der Waals surface area contributed by atoms with E-state index in [0.717, 1.165) is 68.2 Å². The molecule has 4 heterocycles. The van der Waals surface area contributed by atoms with Crippen LogP contribution in [0.2, 0.25) is 0 Å². The van der Waals surface area contributed by atoms with E-state index in [0.29, 0.717) is 18.2 Å². The number of hydrogen-bond acceptors (Lipinski definition) is 10. The highest BCUT2D eigenvalue weighted by Gasteiger charge is 2.27. The number of pyridine rings is 1. The number of esters is 1. The van der Waals surface area contributed by atoms with Gasteiger partial charge in [0.2, 0.25) is 0 Å². The predicted molar refractivity (Wildman–Crippen MR) is 174 cm³/mol. The van der Waals surface area contributed by atoms with Crippen molar-refractivity contribution in [1.82, 2.24) is 15.0 Å². The minimum Gasteiger partial charge on any atom is -0.455 e. The minimum absolute atomic E-state index is 0.0789. The van der Waals surface area contributed by atoms with E-state index in [1.807, 2.05) is 6.92 Å². The van der Waals surface area contributed by atoms with E-state index in [4.69, 9.17) is 14.5 Å². The highest BCUT2D eigenvalue weighted by atomic mass is 16.6. The molecule has 2 aliphatic rings.